The second-order valence-corrected chi connectivity index (χ2v) is 7.33. The Kier molecular flexibility index (Phi) is 5.31. The summed E-state index contributed by atoms with van der Waals surface area (Å²) in [6, 6.07) is 9.38. The number of rotatable bonds is 3. The number of benzene rings is 1. The average Bonchev–Trinajstić information content (AvgIpc) is 3.16. The normalized spacial score (nSPS) is 13.9. The van der Waals surface area contributed by atoms with E-state index in [0.29, 0.717) is 47.5 Å². The number of pyridine rings is 1. The Balaban J connectivity index is 1.44. The van der Waals surface area contributed by atoms with Gasteiger partial charge in [-0.3, -0.25) is 4.98 Å². The molecule has 29 heavy (non-hydrogen) atoms. The molecule has 0 aliphatic carbocycles. The second-order valence-electron chi connectivity index (χ2n) is 6.92. The van der Waals surface area contributed by atoms with Crippen LogP contribution < -0.4 is 5.32 Å². The van der Waals surface area contributed by atoms with E-state index in [1.165, 1.54) is 0 Å². The fraction of sp³-hybridized carbons (Fsp3) is 0.238. The van der Waals surface area contributed by atoms with Crippen LogP contribution in [0.3, 0.4) is 0 Å². The maximum atomic E-state index is 12.5. The lowest BCUT2D eigenvalue weighted by atomic mass is 10.0. The molecular weight excluding hydrogens is 390 g/mol. The average molecular weight is 410 g/mol. The van der Waals surface area contributed by atoms with Gasteiger partial charge >= 0.3 is 6.03 Å². The lowest BCUT2D eigenvalue weighted by Gasteiger charge is -2.26. The Labute approximate surface area is 173 Å². The Morgan fingerprint density at radius 1 is 1.24 bits per heavy atom. The maximum absolute atomic E-state index is 12.5. The van der Waals surface area contributed by atoms with Crippen molar-refractivity contribution in [1.82, 2.24) is 20.0 Å². The number of urea groups is 1. The van der Waals surface area contributed by atoms with Crippen LogP contribution in [-0.2, 0) is 0 Å². The first-order valence-corrected chi connectivity index (χ1v) is 9.65. The van der Waals surface area contributed by atoms with Crippen LogP contribution in [0.4, 0.5) is 10.5 Å². The molecule has 7 nitrogen and oxygen atoms in total. The third-order valence-corrected chi connectivity index (χ3v) is 5.01. The first-order chi connectivity index (χ1) is 14.0. The minimum Gasteiger partial charge on any atom is -0.334 e. The first kappa shape index (κ1) is 19.1. The topological polar surface area (TPSA) is 84.2 Å². The molecule has 3 aromatic rings. The smallest absolute Gasteiger partial charge is 0.322 e. The summed E-state index contributed by atoms with van der Waals surface area (Å²) in [4.78, 5) is 22.9. The van der Waals surface area contributed by atoms with Crippen molar-refractivity contribution in [3.05, 3.63) is 64.7 Å². The van der Waals surface area contributed by atoms with Crippen LogP contribution in [0.25, 0.3) is 17.0 Å². The van der Waals surface area contributed by atoms with Crippen LogP contribution in [0.1, 0.15) is 23.5 Å². The molecule has 1 aliphatic heterocycles. The summed E-state index contributed by atoms with van der Waals surface area (Å²) in [7, 11) is 0. The van der Waals surface area contributed by atoms with Crippen molar-refractivity contribution in [2.24, 2.45) is 0 Å². The van der Waals surface area contributed by atoms with Gasteiger partial charge in [0.2, 0.25) is 0 Å². The number of halogens is 1. The first-order valence-electron chi connectivity index (χ1n) is 9.28. The largest absolute Gasteiger partial charge is 0.334 e. The molecule has 4 rings (SSSR count). The molecule has 0 radical (unpaired) electrons. The maximum Gasteiger partial charge on any atom is 0.322 e. The van der Waals surface area contributed by atoms with Gasteiger partial charge in [0.15, 0.2) is 5.82 Å². The van der Waals surface area contributed by atoms with Crippen molar-refractivity contribution in [1.29, 1.82) is 0 Å². The number of aromatic nitrogens is 3. The number of carbonyl (C=O) groups is 1. The lowest BCUT2D eigenvalue weighted by molar-refractivity contribution is 0.217. The van der Waals surface area contributed by atoms with Crippen LogP contribution in [0.2, 0.25) is 5.02 Å². The van der Waals surface area contributed by atoms with E-state index in [1.54, 1.807) is 24.1 Å². The summed E-state index contributed by atoms with van der Waals surface area (Å²) < 4.78 is 5.16. The SMILES string of the molecule is Cc1ccc(NC(=O)N2CC=C(c3ncc(-c4nc(C)no4)cc3Cl)CC2)cc1. The number of hydrogen-bond donors (Lipinski definition) is 1. The summed E-state index contributed by atoms with van der Waals surface area (Å²) in [5.41, 5.74) is 4.34. The predicted molar refractivity (Wildman–Crippen MR) is 112 cm³/mol. The highest BCUT2D eigenvalue weighted by molar-refractivity contribution is 6.32. The van der Waals surface area contributed by atoms with E-state index >= 15 is 0 Å². The van der Waals surface area contributed by atoms with E-state index in [2.05, 4.69) is 20.4 Å². The van der Waals surface area contributed by atoms with E-state index in [4.69, 9.17) is 16.1 Å². The molecule has 2 aromatic heterocycles. The summed E-state index contributed by atoms with van der Waals surface area (Å²) in [6.45, 7) is 4.85. The summed E-state index contributed by atoms with van der Waals surface area (Å²) >= 11 is 6.45. The zero-order chi connectivity index (χ0) is 20.4. The van der Waals surface area contributed by atoms with Gasteiger partial charge in [0, 0.05) is 25.0 Å². The van der Waals surface area contributed by atoms with Gasteiger partial charge in [-0.25, -0.2) is 4.79 Å². The Morgan fingerprint density at radius 2 is 2.03 bits per heavy atom. The molecule has 0 saturated carbocycles. The standard InChI is InChI=1S/C21H20ClN5O2/c1-13-3-5-17(6-4-13)25-21(28)27-9-7-15(8-10-27)19-18(22)11-16(12-23-19)20-24-14(2)26-29-20/h3-7,11-12H,8-10H2,1-2H3,(H,25,28). The van der Waals surface area contributed by atoms with Crippen molar-refractivity contribution in [2.75, 3.05) is 18.4 Å². The summed E-state index contributed by atoms with van der Waals surface area (Å²) in [6.07, 6.45) is 4.33. The molecule has 0 fully saturated rings. The van der Waals surface area contributed by atoms with Gasteiger partial charge in [-0.05, 0) is 44.0 Å². The van der Waals surface area contributed by atoms with Crippen LogP contribution in [0.15, 0.2) is 47.1 Å². The highest BCUT2D eigenvalue weighted by Gasteiger charge is 2.20. The molecule has 1 aromatic carbocycles. The number of nitrogens with zero attached hydrogens (tertiary/aromatic N) is 4. The van der Waals surface area contributed by atoms with E-state index in [-0.39, 0.29) is 6.03 Å². The number of nitrogens with one attached hydrogen (secondary N) is 1. The minimum absolute atomic E-state index is 0.120. The highest BCUT2D eigenvalue weighted by Crippen LogP contribution is 2.30. The molecule has 0 spiro atoms. The van der Waals surface area contributed by atoms with Crippen LogP contribution in [0.5, 0.6) is 0 Å². The summed E-state index contributed by atoms with van der Waals surface area (Å²) in [5.74, 6) is 0.944. The zero-order valence-electron chi connectivity index (χ0n) is 16.1. The molecule has 1 N–H and O–H groups in total. The molecule has 2 amide bonds. The molecule has 3 heterocycles. The van der Waals surface area contributed by atoms with Gasteiger partial charge in [0.25, 0.3) is 5.89 Å². The third-order valence-electron chi connectivity index (χ3n) is 4.72. The lowest BCUT2D eigenvalue weighted by Crippen LogP contribution is -2.37. The fourth-order valence-electron chi connectivity index (χ4n) is 3.11. The molecular formula is C21H20ClN5O2. The summed E-state index contributed by atoms with van der Waals surface area (Å²) in [5, 5.41) is 7.22. The Hall–Kier alpha value is -3.19. The van der Waals surface area contributed by atoms with E-state index in [1.807, 2.05) is 37.3 Å². The highest BCUT2D eigenvalue weighted by atomic mass is 35.5. The number of aryl methyl sites for hydroxylation is 2. The van der Waals surface area contributed by atoms with Gasteiger partial charge < -0.3 is 14.7 Å². The van der Waals surface area contributed by atoms with Crippen molar-refractivity contribution < 1.29 is 9.32 Å². The Morgan fingerprint density at radius 3 is 2.66 bits per heavy atom. The molecule has 0 atom stereocenters. The molecule has 148 valence electrons. The van der Waals surface area contributed by atoms with Crippen LogP contribution >= 0.6 is 11.6 Å². The van der Waals surface area contributed by atoms with Crippen LogP contribution in [0, 0.1) is 13.8 Å². The number of hydrogen-bond acceptors (Lipinski definition) is 5. The van der Waals surface area contributed by atoms with Gasteiger partial charge in [-0.1, -0.05) is 40.5 Å². The number of anilines is 1. The second kappa shape index (κ2) is 8.05. The van der Waals surface area contributed by atoms with Crippen molar-refractivity contribution >= 4 is 28.9 Å². The molecule has 8 heteroatoms. The van der Waals surface area contributed by atoms with Crippen molar-refractivity contribution in [3.8, 4) is 11.5 Å². The molecule has 1 aliphatic rings. The van der Waals surface area contributed by atoms with Crippen molar-refractivity contribution in [3.63, 3.8) is 0 Å². The fourth-order valence-corrected chi connectivity index (χ4v) is 3.40. The molecule has 0 bridgehead atoms. The minimum atomic E-state index is -0.120. The number of carbonyl (C=O) groups excluding carboxylic acids is 1. The predicted octanol–water partition coefficient (Wildman–Crippen LogP) is 4.72. The Bertz CT molecular complexity index is 1070. The molecule has 0 saturated heterocycles. The van der Waals surface area contributed by atoms with Gasteiger partial charge in [-0.2, -0.15) is 4.98 Å². The van der Waals surface area contributed by atoms with Gasteiger partial charge in [-0.15, -0.1) is 0 Å². The number of amides is 2. The monoisotopic (exact) mass is 409 g/mol. The zero-order valence-corrected chi connectivity index (χ0v) is 16.9. The van der Waals surface area contributed by atoms with Gasteiger partial charge in [0.1, 0.15) is 0 Å². The van der Waals surface area contributed by atoms with E-state index in [9.17, 15) is 4.79 Å². The third kappa shape index (κ3) is 4.30. The van der Waals surface area contributed by atoms with Crippen LogP contribution in [-0.4, -0.2) is 39.1 Å². The van der Waals surface area contributed by atoms with Crippen molar-refractivity contribution in [2.45, 2.75) is 20.3 Å². The quantitative estimate of drug-likeness (QED) is 0.676. The molecule has 0 unspecified atom stereocenters. The van der Waals surface area contributed by atoms with E-state index in [0.717, 1.165) is 16.8 Å². The van der Waals surface area contributed by atoms with Gasteiger partial charge in [0.05, 0.1) is 16.3 Å². The van der Waals surface area contributed by atoms with E-state index < -0.39 is 0 Å².